The molecule has 1 fully saturated rings. The molecule has 1 aliphatic heterocycles. The van der Waals surface area contributed by atoms with Gasteiger partial charge in [0.15, 0.2) is 5.96 Å². The molecule has 0 aromatic rings. The molecule has 0 saturated carbocycles. The quantitative estimate of drug-likeness (QED) is 0.386. The first kappa shape index (κ1) is 20.1. The maximum Gasteiger partial charge on any atom is 0.216 e. The molecule has 1 aliphatic rings. The van der Waals surface area contributed by atoms with Crippen LogP contribution in [0, 0.1) is 0 Å². The molecule has 0 bridgehead atoms. The molecule has 1 heterocycles. The van der Waals surface area contributed by atoms with Crippen molar-refractivity contribution in [2.45, 2.75) is 26.4 Å². The van der Waals surface area contributed by atoms with Crippen LogP contribution < -0.4 is 5.32 Å². The first-order valence-corrected chi connectivity index (χ1v) is 9.62. The molecule has 136 valence electrons. The summed E-state index contributed by atoms with van der Waals surface area (Å²) in [6.45, 7) is 6.12. The summed E-state index contributed by atoms with van der Waals surface area (Å²) in [5.41, 5.74) is 0. The summed E-state index contributed by atoms with van der Waals surface area (Å²) >= 11 is 0. The molecule has 0 aromatic heterocycles. The van der Waals surface area contributed by atoms with Crippen molar-refractivity contribution < 1.29 is 17.5 Å². The molecule has 0 amide bonds. The van der Waals surface area contributed by atoms with Gasteiger partial charge in [-0.05, 0) is 20.3 Å². The monoisotopic (exact) mass is 352 g/mol. The minimum atomic E-state index is -3.28. The Bertz CT molecular complexity index is 463. The number of rotatable bonds is 8. The van der Waals surface area contributed by atoms with Gasteiger partial charge in [0, 0.05) is 39.8 Å². The molecular weight excluding hydrogens is 323 g/mol. The molecule has 0 spiro atoms. The van der Waals surface area contributed by atoms with E-state index in [0.717, 1.165) is 0 Å². The van der Waals surface area contributed by atoms with E-state index in [1.165, 1.54) is 4.31 Å². The zero-order chi connectivity index (χ0) is 17.3. The number of nitrogens with one attached hydrogen (secondary N) is 1. The van der Waals surface area contributed by atoms with Crippen LogP contribution in [0.5, 0.6) is 0 Å². The molecule has 0 aliphatic carbocycles. The fourth-order valence-corrected chi connectivity index (χ4v) is 3.58. The van der Waals surface area contributed by atoms with Gasteiger partial charge >= 0.3 is 0 Å². The zero-order valence-electron chi connectivity index (χ0n) is 14.3. The number of piperazine rings is 1. The lowest BCUT2D eigenvalue weighted by Crippen LogP contribution is -2.54. The number of aliphatic imine (C=N–C) groups is 1. The van der Waals surface area contributed by atoms with Gasteiger partial charge in [-0.15, -0.1) is 0 Å². The van der Waals surface area contributed by atoms with Gasteiger partial charge in [0.25, 0.3) is 0 Å². The molecule has 9 heteroatoms. The highest BCUT2D eigenvalue weighted by Crippen LogP contribution is 2.09. The molecule has 1 rings (SSSR count). The Morgan fingerprint density at radius 1 is 1.30 bits per heavy atom. The molecule has 0 atom stereocenters. The Balaban J connectivity index is 2.44. The molecule has 0 aromatic carbocycles. The normalized spacial score (nSPS) is 17.8. The summed E-state index contributed by atoms with van der Waals surface area (Å²) in [5, 5.41) is 3.09. The summed E-state index contributed by atoms with van der Waals surface area (Å²) < 4.78 is 43.5. The lowest BCUT2D eigenvalue weighted by atomic mass is 10.4. The average molecular weight is 352 g/mol. The zero-order valence-corrected chi connectivity index (χ0v) is 15.1. The second kappa shape index (κ2) is 10.0. The Morgan fingerprint density at radius 2 is 1.96 bits per heavy atom. The largest absolute Gasteiger partial charge is 0.378 e. The molecule has 1 saturated heterocycles. The number of nitrogens with zero attached hydrogens (tertiary/aromatic N) is 3. The lowest BCUT2D eigenvalue weighted by molar-refractivity contribution is 0.0904. The minimum absolute atomic E-state index is 0.00859. The van der Waals surface area contributed by atoms with Crippen molar-refractivity contribution in [1.82, 2.24) is 14.5 Å². The highest BCUT2D eigenvalue weighted by atomic mass is 32.2. The van der Waals surface area contributed by atoms with Gasteiger partial charge in [-0.2, -0.15) is 4.31 Å². The molecule has 7 nitrogen and oxygen atoms in total. The topological polar surface area (TPSA) is 74.2 Å². The second-order valence-corrected chi connectivity index (χ2v) is 7.73. The Labute approximate surface area is 138 Å². The Hall–Kier alpha value is -0.930. The number of ether oxygens (including phenoxy) is 1. The fourth-order valence-electron chi connectivity index (χ4n) is 2.30. The Kier molecular flexibility index (Phi) is 8.78. The third kappa shape index (κ3) is 7.01. The fraction of sp³-hybridized carbons (Fsp3) is 0.929. The van der Waals surface area contributed by atoms with Crippen LogP contribution >= 0.6 is 0 Å². The number of sulfonamides is 1. The average Bonchev–Trinajstić information content (AvgIpc) is 2.51. The second-order valence-electron chi connectivity index (χ2n) is 5.64. The summed E-state index contributed by atoms with van der Waals surface area (Å²) in [4.78, 5) is 6.16. The SMILES string of the molecule is CN=C(NCCCF)N1CCN(S(=O)(=O)CCOC(C)C)CC1. The van der Waals surface area contributed by atoms with E-state index in [9.17, 15) is 12.8 Å². The third-order valence-corrected chi connectivity index (χ3v) is 5.36. The van der Waals surface area contributed by atoms with Gasteiger partial charge < -0.3 is 15.0 Å². The molecule has 1 N–H and O–H groups in total. The number of hydrogen-bond donors (Lipinski definition) is 1. The van der Waals surface area contributed by atoms with Crippen LogP contribution in [0.1, 0.15) is 20.3 Å². The van der Waals surface area contributed by atoms with Crippen molar-refractivity contribution in [3.05, 3.63) is 0 Å². The predicted octanol–water partition coefficient (Wildman–Crippen LogP) is 0.294. The van der Waals surface area contributed by atoms with Crippen LogP contribution in [0.25, 0.3) is 0 Å². The van der Waals surface area contributed by atoms with Crippen LogP contribution in [0.15, 0.2) is 4.99 Å². The lowest BCUT2D eigenvalue weighted by Gasteiger charge is -2.35. The van der Waals surface area contributed by atoms with E-state index in [0.29, 0.717) is 45.1 Å². The van der Waals surface area contributed by atoms with Crippen molar-refractivity contribution in [2.24, 2.45) is 4.99 Å². The summed E-state index contributed by atoms with van der Waals surface area (Å²) in [5.74, 6) is 0.702. The van der Waals surface area contributed by atoms with Crippen LogP contribution in [-0.4, -0.2) is 88.5 Å². The van der Waals surface area contributed by atoms with Crippen LogP contribution in [0.3, 0.4) is 0 Å². The van der Waals surface area contributed by atoms with Gasteiger partial charge in [-0.3, -0.25) is 9.38 Å². The van der Waals surface area contributed by atoms with E-state index in [1.54, 1.807) is 7.05 Å². The maximum absolute atomic E-state index is 12.3. The first-order chi connectivity index (χ1) is 10.9. The van der Waals surface area contributed by atoms with E-state index in [1.807, 2.05) is 18.7 Å². The third-order valence-electron chi connectivity index (χ3n) is 3.53. The summed E-state index contributed by atoms with van der Waals surface area (Å²) in [6, 6.07) is 0. The van der Waals surface area contributed by atoms with Crippen molar-refractivity contribution in [3.63, 3.8) is 0 Å². The van der Waals surface area contributed by atoms with Crippen molar-refractivity contribution >= 4 is 16.0 Å². The Morgan fingerprint density at radius 3 is 2.48 bits per heavy atom. The van der Waals surface area contributed by atoms with Crippen LogP contribution in [0.4, 0.5) is 4.39 Å². The maximum atomic E-state index is 12.3. The van der Waals surface area contributed by atoms with Crippen molar-refractivity contribution in [1.29, 1.82) is 0 Å². The van der Waals surface area contributed by atoms with E-state index in [-0.39, 0.29) is 25.1 Å². The number of hydrogen-bond acceptors (Lipinski definition) is 4. The highest BCUT2D eigenvalue weighted by molar-refractivity contribution is 7.89. The molecule has 0 unspecified atom stereocenters. The van der Waals surface area contributed by atoms with E-state index in [2.05, 4.69) is 10.3 Å². The van der Waals surface area contributed by atoms with E-state index in [4.69, 9.17) is 4.74 Å². The predicted molar refractivity (Wildman–Crippen MR) is 90.0 cm³/mol. The minimum Gasteiger partial charge on any atom is -0.378 e. The first-order valence-electron chi connectivity index (χ1n) is 8.01. The van der Waals surface area contributed by atoms with Gasteiger partial charge in [0.2, 0.25) is 10.0 Å². The molecule has 0 radical (unpaired) electrons. The van der Waals surface area contributed by atoms with E-state index >= 15 is 0 Å². The number of guanidine groups is 1. The van der Waals surface area contributed by atoms with Crippen LogP contribution in [-0.2, 0) is 14.8 Å². The number of alkyl halides is 1. The van der Waals surface area contributed by atoms with Gasteiger partial charge in [0.1, 0.15) is 0 Å². The summed E-state index contributed by atoms with van der Waals surface area (Å²) in [7, 11) is -1.61. The van der Waals surface area contributed by atoms with Crippen molar-refractivity contribution in [3.8, 4) is 0 Å². The standard InChI is InChI=1S/C14H29FN4O3S/c1-13(2)22-11-12-23(20,21)19-9-7-18(8-10-19)14(16-3)17-6-4-5-15/h13H,4-12H2,1-3H3,(H,16,17). The smallest absolute Gasteiger partial charge is 0.216 e. The van der Waals surface area contributed by atoms with E-state index < -0.39 is 10.0 Å². The number of halogens is 1. The van der Waals surface area contributed by atoms with Gasteiger partial charge in [-0.25, -0.2) is 8.42 Å². The van der Waals surface area contributed by atoms with Gasteiger partial charge in [-0.1, -0.05) is 0 Å². The van der Waals surface area contributed by atoms with Gasteiger partial charge in [0.05, 0.1) is 25.1 Å². The molecular formula is C14H29FN4O3S. The summed E-state index contributed by atoms with van der Waals surface area (Å²) in [6.07, 6.45) is 0.462. The van der Waals surface area contributed by atoms with Crippen LogP contribution in [0.2, 0.25) is 0 Å². The van der Waals surface area contributed by atoms with Crippen molar-refractivity contribution in [2.75, 3.05) is 58.8 Å². The highest BCUT2D eigenvalue weighted by Gasteiger charge is 2.27. The molecule has 23 heavy (non-hydrogen) atoms.